The lowest BCUT2D eigenvalue weighted by molar-refractivity contribution is 0.634. The molecule has 0 fully saturated rings. The van der Waals surface area contributed by atoms with Gasteiger partial charge in [0.2, 0.25) is 0 Å². The summed E-state index contributed by atoms with van der Waals surface area (Å²) in [4.78, 5) is 15.0. The average molecular weight is 294 g/mol. The normalized spacial score (nSPS) is 10.8. The molecule has 5 nitrogen and oxygen atoms in total. The predicted octanol–water partition coefficient (Wildman–Crippen LogP) is 2.72. The summed E-state index contributed by atoms with van der Waals surface area (Å²) in [5, 5.41) is 0.549. The Kier molecular flexibility index (Phi) is 4.95. The van der Waals surface area contributed by atoms with Crippen molar-refractivity contribution in [2.75, 3.05) is 18.5 Å². The molecule has 0 atom stereocenters. The summed E-state index contributed by atoms with van der Waals surface area (Å²) < 4.78 is 2.07. The zero-order chi connectivity index (χ0) is 14.5. The van der Waals surface area contributed by atoms with Crippen LogP contribution in [0, 0.1) is 6.92 Å². The van der Waals surface area contributed by atoms with Crippen molar-refractivity contribution in [3.8, 4) is 0 Å². The van der Waals surface area contributed by atoms with Crippen LogP contribution in [-0.4, -0.2) is 33.1 Å². The van der Waals surface area contributed by atoms with Gasteiger partial charge in [-0.1, -0.05) is 18.5 Å². The van der Waals surface area contributed by atoms with Crippen LogP contribution in [0.25, 0.3) is 0 Å². The van der Waals surface area contributed by atoms with E-state index in [0.717, 1.165) is 43.1 Å². The van der Waals surface area contributed by atoms with Crippen LogP contribution in [0.15, 0.2) is 18.7 Å². The molecule has 0 aromatic carbocycles. The van der Waals surface area contributed by atoms with E-state index < -0.39 is 0 Å². The lowest BCUT2D eigenvalue weighted by Gasteiger charge is -2.21. The number of halogens is 1. The van der Waals surface area contributed by atoms with Crippen LogP contribution in [-0.2, 0) is 13.0 Å². The molecule has 0 aliphatic rings. The number of imidazole rings is 1. The maximum absolute atomic E-state index is 6.17. The lowest BCUT2D eigenvalue weighted by Crippen LogP contribution is -2.23. The van der Waals surface area contributed by atoms with E-state index in [1.54, 1.807) is 6.20 Å². The van der Waals surface area contributed by atoms with E-state index in [0.29, 0.717) is 5.15 Å². The highest BCUT2D eigenvalue weighted by molar-refractivity contribution is 6.30. The molecular weight excluding hydrogens is 274 g/mol. The topological polar surface area (TPSA) is 46.8 Å². The van der Waals surface area contributed by atoms with Gasteiger partial charge >= 0.3 is 0 Å². The minimum Gasteiger partial charge on any atom is -0.359 e. The maximum Gasteiger partial charge on any atom is 0.137 e. The number of nitrogens with zero attached hydrogens (tertiary/aromatic N) is 5. The molecule has 0 aliphatic heterocycles. The van der Waals surface area contributed by atoms with Gasteiger partial charge in [-0.2, -0.15) is 0 Å². The first kappa shape index (κ1) is 14.8. The molecule has 2 heterocycles. The lowest BCUT2D eigenvalue weighted by atomic mass is 10.3. The summed E-state index contributed by atoms with van der Waals surface area (Å²) in [7, 11) is 2.04. The van der Waals surface area contributed by atoms with Gasteiger partial charge in [-0.25, -0.2) is 15.0 Å². The van der Waals surface area contributed by atoms with Crippen molar-refractivity contribution in [2.45, 2.75) is 33.2 Å². The number of hydrogen-bond acceptors (Lipinski definition) is 4. The summed E-state index contributed by atoms with van der Waals surface area (Å²) in [6, 6.07) is 0. The van der Waals surface area contributed by atoms with Crippen LogP contribution in [0.3, 0.4) is 0 Å². The first-order valence-corrected chi connectivity index (χ1v) is 7.19. The number of rotatable bonds is 6. The molecule has 0 amide bonds. The third-order valence-corrected chi connectivity index (χ3v) is 3.62. The average Bonchev–Trinajstić information content (AvgIpc) is 2.94. The molecule has 0 unspecified atom stereocenters. The maximum atomic E-state index is 6.17. The summed E-state index contributed by atoms with van der Waals surface area (Å²) in [6.07, 6.45) is 7.42. The zero-order valence-corrected chi connectivity index (χ0v) is 12.9. The van der Waals surface area contributed by atoms with Gasteiger partial charge in [0.15, 0.2) is 0 Å². The van der Waals surface area contributed by atoms with Gasteiger partial charge in [0.25, 0.3) is 0 Å². The smallest absolute Gasteiger partial charge is 0.137 e. The molecule has 0 radical (unpaired) electrons. The summed E-state index contributed by atoms with van der Waals surface area (Å²) in [5.74, 6) is 1.71. The molecule has 0 bridgehead atoms. The number of anilines is 1. The second-order valence-corrected chi connectivity index (χ2v) is 5.17. The number of hydrogen-bond donors (Lipinski definition) is 0. The fraction of sp³-hybridized carbons (Fsp3) is 0.500. The standard InChI is InChI=1S/C14H20ClN5/c1-4-12-17-13(15)11(2)14(18-12)19(3)7-5-8-20-9-6-16-10-20/h6,9-10H,4-5,7-8H2,1-3H3. The molecule has 6 heteroatoms. The second-order valence-electron chi connectivity index (χ2n) is 4.81. The quantitative estimate of drug-likeness (QED) is 0.768. The first-order chi connectivity index (χ1) is 9.61. The van der Waals surface area contributed by atoms with Crippen molar-refractivity contribution in [3.63, 3.8) is 0 Å². The van der Waals surface area contributed by atoms with E-state index in [1.165, 1.54) is 0 Å². The van der Waals surface area contributed by atoms with Crippen LogP contribution in [0.2, 0.25) is 5.15 Å². The third kappa shape index (κ3) is 3.48. The third-order valence-electron chi connectivity index (χ3n) is 3.25. The summed E-state index contributed by atoms with van der Waals surface area (Å²) >= 11 is 6.17. The molecular formula is C14H20ClN5. The molecule has 0 saturated carbocycles. The molecule has 0 aliphatic carbocycles. The fourth-order valence-corrected chi connectivity index (χ4v) is 2.25. The van der Waals surface area contributed by atoms with Gasteiger partial charge in [0.05, 0.1) is 6.33 Å². The van der Waals surface area contributed by atoms with Crippen molar-refractivity contribution >= 4 is 17.4 Å². The Balaban J connectivity index is 2.01. The molecule has 20 heavy (non-hydrogen) atoms. The molecule has 2 aromatic heterocycles. The van der Waals surface area contributed by atoms with E-state index in [2.05, 4.69) is 24.4 Å². The Morgan fingerprint density at radius 1 is 1.35 bits per heavy atom. The zero-order valence-electron chi connectivity index (χ0n) is 12.2. The highest BCUT2D eigenvalue weighted by atomic mass is 35.5. The van der Waals surface area contributed by atoms with Gasteiger partial charge in [-0.15, -0.1) is 0 Å². The van der Waals surface area contributed by atoms with Crippen molar-refractivity contribution in [3.05, 3.63) is 35.3 Å². The minimum absolute atomic E-state index is 0.549. The largest absolute Gasteiger partial charge is 0.359 e. The van der Waals surface area contributed by atoms with E-state index in [1.807, 2.05) is 33.4 Å². The van der Waals surface area contributed by atoms with Crippen molar-refractivity contribution in [1.29, 1.82) is 0 Å². The van der Waals surface area contributed by atoms with Gasteiger partial charge in [0.1, 0.15) is 16.8 Å². The highest BCUT2D eigenvalue weighted by Gasteiger charge is 2.12. The van der Waals surface area contributed by atoms with E-state index in [4.69, 9.17) is 11.6 Å². The van der Waals surface area contributed by atoms with Gasteiger partial charge < -0.3 is 9.47 Å². The predicted molar refractivity (Wildman–Crippen MR) is 81.3 cm³/mol. The van der Waals surface area contributed by atoms with E-state index in [9.17, 15) is 0 Å². The first-order valence-electron chi connectivity index (χ1n) is 6.81. The minimum atomic E-state index is 0.549. The Morgan fingerprint density at radius 2 is 2.15 bits per heavy atom. The second kappa shape index (κ2) is 6.70. The molecule has 0 N–H and O–H groups in total. The Hall–Kier alpha value is -1.62. The van der Waals surface area contributed by atoms with Crippen LogP contribution in [0.5, 0.6) is 0 Å². The van der Waals surface area contributed by atoms with Crippen LogP contribution >= 0.6 is 11.6 Å². The van der Waals surface area contributed by atoms with E-state index in [-0.39, 0.29) is 0 Å². The Morgan fingerprint density at radius 3 is 2.80 bits per heavy atom. The van der Waals surface area contributed by atoms with Crippen LogP contribution in [0.1, 0.15) is 24.7 Å². The monoisotopic (exact) mass is 293 g/mol. The van der Waals surface area contributed by atoms with Crippen LogP contribution in [0.4, 0.5) is 5.82 Å². The highest BCUT2D eigenvalue weighted by Crippen LogP contribution is 2.22. The molecule has 2 aromatic rings. The van der Waals surface area contributed by atoms with Crippen molar-refractivity contribution in [1.82, 2.24) is 19.5 Å². The number of aromatic nitrogens is 4. The SMILES string of the molecule is CCc1nc(Cl)c(C)c(N(C)CCCn2ccnc2)n1. The van der Waals surface area contributed by atoms with Gasteiger partial charge in [0, 0.05) is 44.5 Å². The van der Waals surface area contributed by atoms with Gasteiger partial charge in [-0.05, 0) is 13.3 Å². The molecule has 0 spiro atoms. The van der Waals surface area contributed by atoms with Crippen molar-refractivity contribution < 1.29 is 0 Å². The van der Waals surface area contributed by atoms with Gasteiger partial charge in [-0.3, -0.25) is 0 Å². The Bertz CT molecular complexity index is 553. The van der Waals surface area contributed by atoms with Crippen LogP contribution < -0.4 is 4.90 Å². The summed E-state index contributed by atoms with van der Waals surface area (Å²) in [5.41, 5.74) is 0.939. The molecule has 2 rings (SSSR count). The molecule has 0 saturated heterocycles. The summed E-state index contributed by atoms with van der Waals surface area (Å²) in [6.45, 7) is 5.85. The van der Waals surface area contributed by atoms with Crippen molar-refractivity contribution in [2.24, 2.45) is 0 Å². The van der Waals surface area contributed by atoms with E-state index >= 15 is 0 Å². The Labute approximate surface area is 124 Å². The molecule has 108 valence electrons. The number of aryl methyl sites for hydroxylation is 2. The fourth-order valence-electron chi connectivity index (χ4n) is 2.07.